The number of hydrogen-bond acceptors (Lipinski definition) is 5. The summed E-state index contributed by atoms with van der Waals surface area (Å²) in [6, 6.07) is 11.0. The molecule has 2 aromatic rings. The maximum atomic E-state index is 13.0. The fourth-order valence-corrected chi connectivity index (χ4v) is 3.91. The number of benzene rings is 1. The predicted octanol–water partition coefficient (Wildman–Crippen LogP) is 2.42. The number of nitrogens with zero attached hydrogens (tertiary/aromatic N) is 1. The summed E-state index contributed by atoms with van der Waals surface area (Å²) in [4.78, 5) is 26.5. The molecule has 0 unspecified atom stereocenters. The summed E-state index contributed by atoms with van der Waals surface area (Å²) in [6.07, 6.45) is 1.87. The first kappa shape index (κ1) is 17.6. The molecule has 0 bridgehead atoms. The molecule has 2 saturated heterocycles. The molecule has 142 valence electrons. The molecule has 27 heavy (non-hydrogen) atoms. The molecule has 2 aliphatic rings. The minimum atomic E-state index is -0.929. The Morgan fingerprint density at radius 2 is 2.07 bits per heavy atom. The zero-order valence-electron chi connectivity index (χ0n) is 14.8. The minimum absolute atomic E-state index is 0.175. The molecule has 0 saturated carbocycles. The van der Waals surface area contributed by atoms with Gasteiger partial charge >= 0.3 is 5.97 Å². The number of hydrogen-bond donors (Lipinski definition) is 1. The van der Waals surface area contributed by atoms with Crippen LogP contribution in [0.15, 0.2) is 47.1 Å². The summed E-state index contributed by atoms with van der Waals surface area (Å²) in [6.45, 7) is 1.49. The number of carbonyl (C=O) groups is 2. The van der Waals surface area contributed by atoms with Gasteiger partial charge in [0, 0.05) is 31.2 Å². The van der Waals surface area contributed by atoms with E-state index in [4.69, 9.17) is 13.9 Å². The molecule has 7 heteroatoms. The number of aliphatic carboxylic acids is 1. The summed E-state index contributed by atoms with van der Waals surface area (Å²) in [5, 5.41) is 9.76. The Kier molecular flexibility index (Phi) is 4.61. The average Bonchev–Trinajstić information content (AvgIpc) is 3.31. The van der Waals surface area contributed by atoms with Crippen LogP contribution in [0, 0.1) is 11.3 Å². The first-order valence-electron chi connectivity index (χ1n) is 8.95. The van der Waals surface area contributed by atoms with Gasteiger partial charge in [-0.05, 0) is 24.6 Å². The van der Waals surface area contributed by atoms with Crippen molar-refractivity contribution in [3.05, 3.63) is 54.0 Å². The number of para-hydroxylation sites is 1. The molecule has 7 nitrogen and oxygen atoms in total. The van der Waals surface area contributed by atoms with Crippen LogP contribution in [0.1, 0.15) is 22.5 Å². The van der Waals surface area contributed by atoms with E-state index in [1.54, 1.807) is 11.0 Å². The number of amides is 1. The summed E-state index contributed by atoms with van der Waals surface area (Å²) in [5.74, 6) is -0.469. The second kappa shape index (κ2) is 7.08. The van der Waals surface area contributed by atoms with E-state index in [9.17, 15) is 14.7 Å². The quantitative estimate of drug-likeness (QED) is 0.868. The Morgan fingerprint density at radius 3 is 2.81 bits per heavy atom. The molecule has 1 N–H and O–H groups in total. The molecule has 2 aliphatic heterocycles. The van der Waals surface area contributed by atoms with E-state index >= 15 is 0 Å². The number of likely N-dealkylation sites (tertiary alicyclic amines) is 1. The lowest BCUT2D eigenvalue weighted by Gasteiger charge is -2.33. The Morgan fingerprint density at radius 1 is 1.26 bits per heavy atom. The zero-order chi connectivity index (χ0) is 18.9. The number of carbonyl (C=O) groups excluding carboxylic acids is 1. The maximum absolute atomic E-state index is 13.0. The number of furan rings is 1. The molecule has 1 aromatic carbocycles. The topological polar surface area (TPSA) is 89.2 Å². The summed E-state index contributed by atoms with van der Waals surface area (Å²) in [7, 11) is 0. The fraction of sp³-hybridized carbons (Fsp3) is 0.400. The van der Waals surface area contributed by atoms with Crippen LogP contribution in [0.3, 0.4) is 0 Å². The van der Waals surface area contributed by atoms with E-state index in [-0.39, 0.29) is 30.7 Å². The molecule has 4 rings (SSSR count). The lowest BCUT2D eigenvalue weighted by molar-refractivity contribution is -0.157. The van der Waals surface area contributed by atoms with E-state index in [0.717, 1.165) is 0 Å². The van der Waals surface area contributed by atoms with Crippen molar-refractivity contribution in [1.82, 2.24) is 4.90 Å². The van der Waals surface area contributed by atoms with Gasteiger partial charge in [-0.3, -0.25) is 9.59 Å². The molecular weight excluding hydrogens is 350 g/mol. The van der Waals surface area contributed by atoms with E-state index in [1.807, 2.05) is 30.3 Å². The van der Waals surface area contributed by atoms with Crippen LogP contribution in [0.5, 0.6) is 5.75 Å². The second-order valence-electron chi connectivity index (χ2n) is 7.05. The van der Waals surface area contributed by atoms with Crippen molar-refractivity contribution in [1.29, 1.82) is 0 Å². The Hall–Kier alpha value is -2.80. The first-order valence-corrected chi connectivity index (χ1v) is 8.95. The second-order valence-corrected chi connectivity index (χ2v) is 7.05. The lowest BCUT2D eigenvalue weighted by Crippen LogP contribution is -2.45. The van der Waals surface area contributed by atoms with E-state index < -0.39 is 11.4 Å². The van der Waals surface area contributed by atoms with E-state index in [2.05, 4.69) is 0 Å². The van der Waals surface area contributed by atoms with Crippen molar-refractivity contribution < 1.29 is 28.6 Å². The highest BCUT2D eigenvalue weighted by Gasteiger charge is 2.55. The van der Waals surface area contributed by atoms with Crippen molar-refractivity contribution >= 4 is 11.9 Å². The van der Waals surface area contributed by atoms with Gasteiger partial charge in [0.1, 0.15) is 12.4 Å². The van der Waals surface area contributed by atoms with Crippen molar-refractivity contribution in [2.45, 2.75) is 13.0 Å². The van der Waals surface area contributed by atoms with Crippen molar-refractivity contribution in [2.24, 2.45) is 11.3 Å². The SMILES string of the molecule is O=C(c1occc1COc1ccccc1)N1C[C@H]2COCC[C@@]2(C(=O)O)C1. The van der Waals surface area contributed by atoms with Crippen molar-refractivity contribution in [3.63, 3.8) is 0 Å². The molecule has 2 atom stereocenters. The summed E-state index contributed by atoms with van der Waals surface area (Å²) >= 11 is 0. The third kappa shape index (κ3) is 3.19. The van der Waals surface area contributed by atoms with Gasteiger partial charge in [-0.25, -0.2) is 0 Å². The molecule has 0 aliphatic carbocycles. The van der Waals surface area contributed by atoms with E-state index in [1.165, 1.54) is 6.26 Å². The van der Waals surface area contributed by atoms with Crippen LogP contribution < -0.4 is 4.74 Å². The monoisotopic (exact) mass is 371 g/mol. The third-order valence-corrected chi connectivity index (χ3v) is 5.50. The van der Waals surface area contributed by atoms with Gasteiger partial charge in [-0.2, -0.15) is 0 Å². The van der Waals surface area contributed by atoms with Gasteiger partial charge in [0.15, 0.2) is 5.76 Å². The van der Waals surface area contributed by atoms with Crippen LogP contribution in [0.2, 0.25) is 0 Å². The normalized spacial score (nSPS) is 24.4. The van der Waals surface area contributed by atoms with Crippen LogP contribution in [-0.4, -0.2) is 48.2 Å². The molecule has 0 radical (unpaired) electrons. The number of rotatable bonds is 5. The van der Waals surface area contributed by atoms with E-state index in [0.29, 0.717) is 37.5 Å². The molecule has 0 spiro atoms. The largest absolute Gasteiger partial charge is 0.489 e. The zero-order valence-corrected chi connectivity index (χ0v) is 14.8. The van der Waals surface area contributed by atoms with Crippen molar-refractivity contribution in [3.8, 4) is 5.75 Å². The molecule has 1 aromatic heterocycles. The number of carboxylic acids is 1. The first-order chi connectivity index (χ1) is 13.1. The third-order valence-electron chi connectivity index (χ3n) is 5.50. The standard InChI is InChI=1S/C20H21NO6/c22-18(21-10-15-12-25-9-7-20(15,13-21)19(23)24)17-14(6-8-26-17)11-27-16-4-2-1-3-5-16/h1-6,8,15H,7,9-13H2,(H,23,24)/t15-,20+/m0/s1. The number of carboxylic acid groups (broad SMARTS) is 1. The van der Waals surface area contributed by atoms with Crippen molar-refractivity contribution in [2.75, 3.05) is 26.3 Å². The highest BCUT2D eigenvalue weighted by Crippen LogP contribution is 2.43. The Bertz CT molecular complexity index is 832. The van der Waals surface area contributed by atoms with Gasteiger partial charge < -0.3 is 23.9 Å². The highest BCUT2D eigenvalue weighted by atomic mass is 16.5. The molecule has 3 heterocycles. The number of ether oxygens (including phenoxy) is 2. The maximum Gasteiger partial charge on any atom is 0.311 e. The highest BCUT2D eigenvalue weighted by molar-refractivity contribution is 5.94. The predicted molar refractivity (Wildman–Crippen MR) is 94.4 cm³/mol. The molecule has 2 fully saturated rings. The Labute approximate surface area is 156 Å². The van der Waals surface area contributed by atoms with Crippen LogP contribution in [-0.2, 0) is 16.1 Å². The van der Waals surface area contributed by atoms with Crippen LogP contribution >= 0.6 is 0 Å². The minimum Gasteiger partial charge on any atom is -0.489 e. The Balaban J connectivity index is 1.49. The van der Waals surface area contributed by atoms with Gasteiger partial charge in [0.25, 0.3) is 5.91 Å². The van der Waals surface area contributed by atoms with Crippen LogP contribution in [0.25, 0.3) is 0 Å². The van der Waals surface area contributed by atoms with Crippen LogP contribution in [0.4, 0.5) is 0 Å². The smallest absolute Gasteiger partial charge is 0.311 e. The molecular formula is C20H21NO6. The summed E-state index contributed by atoms with van der Waals surface area (Å²) in [5.41, 5.74) is -0.291. The van der Waals surface area contributed by atoms with Gasteiger partial charge in [0.05, 0.1) is 18.3 Å². The average molecular weight is 371 g/mol. The fourth-order valence-electron chi connectivity index (χ4n) is 3.91. The van der Waals surface area contributed by atoms with Gasteiger partial charge in [-0.15, -0.1) is 0 Å². The summed E-state index contributed by atoms with van der Waals surface area (Å²) < 4.78 is 16.6. The van der Waals surface area contributed by atoms with Gasteiger partial charge in [-0.1, -0.05) is 18.2 Å². The lowest BCUT2D eigenvalue weighted by atomic mass is 9.74. The number of fused-ring (bicyclic) bond motifs is 1. The van der Waals surface area contributed by atoms with Gasteiger partial charge in [0.2, 0.25) is 0 Å². The molecule has 1 amide bonds.